The van der Waals surface area contributed by atoms with E-state index in [0.29, 0.717) is 10.7 Å². The molecule has 3 N–H and O–H groups in total. The molecule has 0 saturated carbocycles. The highest BCUT2D eigenvalue weighted by atomic mass is 35.5. The molecule has 0 unspecified atom stereocenters. The lowest BCUT2D eigenvalue weighted by atomic mass is 10.2. The summed E-state index contributed by atoms with van der Waals surface area (Å²) in [5.74, 6) is -1.16. The predicted octanol–water partition coefficient (Wildman–Crippen LogP) is 1.62. The molecule has 0 aliphatic rings. The second kappa shape index (κ2) is 5.00. The fourth-order valence-electron chi connectivity index (χ4n) is 0.998. The van der Waals surface area contributed by atoms with E-state index in [1.807, 2.05) is 0 Å². The molecule has 1 rings (SSSR count). The van der Waals surface area contributed by atoms with E-state index in [0.717, 1.165) is 0 Å². The van der Waals surface area contributed by atoms with E-state index in [1.54, 1.807) is 0 Å². The molecule has 6 heteroatoms. The third-order valence-corrected chi connectivity index (χ3v) is 2.05. The Kier molecular flexibility index (Phi) is 3.94. The van der Waals surface area contributed by atoms with Crippen LogP contribution in [-0.4, -0.2) is 17.7 Å². The molecule has 15 heavy (non-hydrogen) atoms. The molecule has 0 aromatic heterocycles. The van der Waals surface area contributed by atoms with Crippen molar-refractivity contribution in [1.29, 1.82) is 0 Å². The summed E-state index contributed by atoms with van der Waals surface area (Å²) in [7, 11) is 0. The molecule has 0 radical (unpaired) electrons. The van der Waals surface area contributed by atoms with E-state index in [-0.39, 0.29) is 17.4 Å². The minimum absolute atomic E-state index is 0.168. The summed E-state index contributed by atoms with van der Waals surface area (Å²) in [6, 6.07) is 4.34. The van der Waals surface area contributed by atoms with Crippen molar-refractivity contribution < 1.29 is 9.59 Å². The lowest BCUT2D eigenvalue weighted by Crippen LogP contribution is -2.15. The summed E-state index contributed by atoms with van der Waals surface area (Å²) in [5.41, 5.74) is 5.70. The highest BCUT2D eigenvalue weighted by molar-refractivity contribution is 6.31. The maximum Gasteiger partial charge on any atom is 0.248 e. The molecule has 0 spiro atoms. The molecule has 0 bridgehead atoms. The van der Waals surface area contributed by atoms with Crippen LogP contribution in [0, 0.1) is 0 Å². The van der Waals surface area contributed by atoms with E-state index in [1.165, 1.54) is 18.2 Å². The number of hydrogen-bond acceptors (Lipinski definition) is 2. The number of alkyl halides is 1. The van der Waals surface area contributed by atoms with Crippen LogP contribution in [0.4, 0.5) is 5.69 Å². The van der Waals surface area contributed by atoms with Gasteiger partial charge in [0.15, 0.2) is 0 Å². The summed E-state index contributed by atoms with van der Waals surface area (Å²) >= 11 is 11.0. The van der Waals surface area contributed by atoms with Crippen molar-refractivity contribution in [3.63, 3.8) is 0 Å². The van der Waals surface area contributed by atoms with Gasteiger partial charge in [-0.1, -0.05) is 11.6 Å². The fraction of sp³-hybridized carbons (Fsp3) is 0.111. The molecule has 2 amide bonds. The number of nitrogens with one attached hydrogen (secondary N) is 1. The smallest absolute Gasteiger partial charge is 0.248 e. The number of rotatable bonds is 3. The van der Waals surface area contributed by atoms with Crippen LogP contribution in [0.1, 0.15) is 10.4 Å². The predicted molar refractivity (Wildman–Crippen MR) is 59.3 cm³/mol. The second-order valence-electron chi connectivity index (χ2n) is 2.77. The monoisotopic (exact) mass is 246 g/mol. The normalized spacial score (nSPS) is 9.73. The molecule has 1 aromatic rings. The van der Waals surface area contributed by atoms with Gasteiger partial charge in [-0.05, 0) is 18.2 Å². The zero-order valence-corrected chi connectivity index (χ0v) is 9.10. The topological polar surface area (TPSA) is 72.2 Å². The van der Waals surface area contributed by atoms with Crippen LogP contribution in [-0.2, 0) is 4.79 Å². The minimum Gasteiger partial charge on any atom is -0.366 e. The molecule has 0 aliphatic heterocycles. The van der Waals surface area contributed by atoms with Gasteiger partial charge in [0, 0.05) is 16.3 Å². The molecular weight excluding hydrogens is 239 g/mol. The molecule has 0 fully saturated rings. The summed E-state index contributed by atoms with van der Waals surface area (Å²) in [6.45, 7) is 0. The van der Waals surface area contributed by atoms with Gasteiger partial charge in [-0.25, -0.2) is 0 Å². The summed E-state index contributed by atoms with van der Waals surface area (Å²) in [5, 5.41) is 2.78. The summed E-state index contributed by atoms with van der Waals surface area (Å²) in [4.78, 5) is 21.9. The van der Waals surface area contributed by atoms with Gasteiger partial charge in [-0.3, -0.25) is 9.59 Å². The molecule has 0 heterocycles. The first-order valence-electron chi connectivity index (χ1n) is 3.99. The van der Waals surface area contributed by atoms with Gasteiger partial charge in [0.2, 0.25) is 11.8 Å². The Morgan fingerprint density at radius 1 is 1.33 bits per heavy atom. The van der Waals surface area contributed by atoms with Crippen molar-refractivity contribution in [3.8, 4) is 0 Å². The SMILES string of the molecule is NC(=O)c1cc(Cl)cc(NC(=O)CCl)c1. The number of amides is 2. The average Bonchev–Trinajstić information content (AvgIpc) is 2.16. The van der Waals surface area contributed by atoms with Crippen molar-refractivity contribution >= 4 is 40.7 Å². The Bertz CT molecular complexity index is 407. The fourth-order valence-corrected chi connectivity index (χ4v) is 1.30. The Morgan fingerprint density at radius 3 is 2.53 bits per heavy atom. The van der Waals surface area contributed by atoms with E-state index in [2.05, 4.69) is 5.32 Å². The number of nitrogens with two attached hydrogens (primary N) is 1. The van der Waals surface area contributed by atoms with Gasteiger partial charge in [-0.2, -0.15) is 0 Å². The lowest BCUT2D eigenvalue weighted by molar-refractivity contribution is -0.113. The molecule has 0 aliphatic carbocycles. The van der Waals surface area contributed by atoms with Gasteiger partial charge >= 0.3 is 0 Å². The zero-order chi connectivity index (χ0) is 11.4. The van der Waals surface area contributed by atoms with E-state index in [9.17, 15) is 9.59 Å². The first-order valence-corrected chi connectivity index (χ1v) is 4.90. The van der Waals surface area contributed by atoms with Crippen LogP contribution in [0.15, 0.2) is 18.2 Å². The van der Waals surface area contributed by atoms with Crippen molar-refractivity contribution in [2.24, 2.45) is 5.73 Å². The third-order valence-electron chi connectivity index (χ3n) is 1.59. The van der Waals surface area contributed by atoms with E-state index < -0.39 is 5.91 Å². The number of carbonyl (C=O) groups is 2. The van der Waals surface area contributed by atoms with Crippen LogP contribution < -0.4 is 11.1 Å². The van der Waals surface area contributed by atoms with Gasteiger partial charge in [0.05, 0.1) is 0 Å². The maximum atomic E-state index is 11.0. The summed E-state index contributed by atoms with van der Waals surface area (Å²) in [6.07, 6.45) is 0. The number of halogens is 2. The number of benzene rings is 1. The lowest BCUT2D eigenvalue weighted by Gasteiger charge is -2.05. The van der Waals surface area contributed by atoms with Crippen LogP contribution in [0.25, 0.3) is 0 Å². The number of carbonyl (C=O) groups excluding carboxylic acids is 2. The van der Waals surface area contributed by atoms with Crippen molar-refractivity contribution in [3.05, 3.63) is 28.8 Å². The largest absolute Gasteiger partial charge is 0.366 e. The van der Waals surface area contributed by atoms with Crippen molar-refractivity contribution in [2.45, 2.75) is 0 Å². The van der Waals surface area contributed by atoms with E-state index in [4.69, 9.17) is 28.9 Å². The second-order valence-corrected chi connectivity index (χ2v) is 3.48. The highest BCUT2D eigenvalue weighted by Crippen LogP contribution is 2.18. The first-order chi connectivity index (χ1) is 7.02. The highest BCUT2D eigenvalue weighted by Gasteiger charge is 2.06. The van der Waals surface area contributed by atoms with Crippen LogP contribution in [0.5, 0.6) is 0 Å². The van der Waals surface area contributed by atoms with Crippen LogP contribution in [0.2, 0.25) is 5.02 Å². The quantitative estimate of drug-likeness (QED) is 0.796. The van der Waals surface area contributed by atoms with Crippen molar-refractivity contribution in [2.75, 3.05) is 11.2 Å². The summed E-state index contributed by atoms with van der Waals surface area (Å²) < 4.78 is 0. The number of primary amides is 1. The number of anilines is 1. The average molecular weight is 247 g/mol. The molecule has 80 valence electrons. The zero-order valence-electron chi connectivity index (χ0n) is 7.59. The molecule has 0 saturated heterocycles. The van der Waals surface area contributed by atoms with Crippen molar-refractivity contribution in [1.82, 2.24) is 0 Å². The molecule has 4 nitrogen and oxygen atoms in total. The van der Waals surface area contributed by atoms with Crippen LogP contribution in [0.3, 0.4) is 0 Å². The van der Waals surface area contributed by atoms with Crippen LogP contribution >= 0.6 is 23.2 Å². The Labute approximate surface area is 96.3 Å². The van der Waals surface area contributed by atoms with E-state index >= 15 is 0 Å². The van der Waals surface area contributed by atoms with Gasteiger partial charge in [0.1, 0.15) is 5.88 Å². The Hall–Kier alpha value is -1.26. The standard InChI is InChI=1S/C9H8Cl2N2O2/c10-4-8(14)13-7-2-5(9(12)15)1-6(11)3-7/h1-3H,4H2,(H2,12,15)(H,13,14). The number of hydrogen-bond donors (Lipinski definition) is 2. The molecule has 1 aromatic carbocycles. The third kappa shape index (κ3) is 3.42. The minimum atomic E-state index is -0.612. The Balaban J connectivity index is 2.98. The molecular formula is C9H8Cl2N2O2. The maximum absolute atomic E-state index is 11.0. The Morgan fingerprint density at radius 2 is 2.00 bits per heavy atom. The van der Waals surface area contributed by atoms with Gasteiger partial charge < -0.3 is 11.1 Å². The molecule has 0 atom stereocenters. The van der Waals surface area contributed by atoms with Gasteiger partial charge in [0.25, 0.3) is 0 Å². The first kappa shape index (κ1) is 11.8. The van der Waals surface area contributed by atoms with Gasteiger partial charge in [-0.15, -0.1) is 11.6 Å².